The monoisotopic (exact) mass is 490 g/mol. The number of rotatable bonds is 10. The van der Waals surface area contributed by atoms with Crippen LogP contribution in [0, 0.1) is 11.3 Å². The van der Waals surface area contributed by atoms with Crippen LogP contribution in [0.3, 0.4) is 0 Å². The summed E-state index contributed by atoms with van der Waals surface area (Å²) in [5.74, 6) is 2.29. The van der Waals surface area contributed by atoms with Crippen molar-refractivity contribution in [2.75, 3.05) is 26.4 Å². The van der Waals surface area contributed by atoms with Gasteiger partial charge >= 0.3 is 0 Å². The zero-order valence-electron chi connectivity index (χ0n) is 20.9. The number of aromatic nitrogens is 2. The normalized spacial score (nSPS) is 14.5. The number of nitrogens with two attached hydrogens (primary N) is 1. The van der Waals surface area contributed by atoms with Crippen LogP contribution in [0.2, 0.25) is 0 Å². The van der Waals surface area contributed by atoms with E-state index in [1.807, 2.05) is 64.1 Å². The van der Waals surface area contributed by atoms with E-state index in [0.29, 0.717) is 66.6 Å². The van der Waals surface area contributed by atoms with Crippen LogP contribution in [0.4, 0.5) is 0 Å². The smallest absolute Gasteiger partial charge is 0.244 e. The first-order valence-corrected chi connectivity index (χ1v) is 12.0. The minimum Gasteiger partial charge on any atom is -0.494 e. The average Bonchev–Trinajstić information content (AvgIpc) is 3.28. The Morgan fingerprint density at radius 2 is 1.61 bits per heavy atom. The molecule has 0 amide bonds. The summed E-state index contributed by atoms with van der Waals surface area (Å²) in [6.45, 7) is 9.63. The van der Waals surface area contributed by atoms with E-state index in [9.17, 15) is 5.26 Å². The van der Waals surface area contributed by atoms with Gasteiger partial charge in [0.05, 0.1) is 43.6 Å². The van der Waals surface area contributed by atoms with Gasteiger partial charge in [-0.1, -0.05) is 6.07 Å². The molecule has 0 saturated heterocycles. The van der Waals surface area contributed by atoms with E-state index in [2.05, 4.69) is 16.3 Å². The largest absolute Gasteiger partial charge is 0.494 e. The first-order chi connectivity index (χ1) is 17.6. The van der Waals surface area contributed by atoms with Gasteiger partial charge in [-0.15, -0.1) is 5.10 Å². The SMILES string of the molecule is CCOc1ccc(-c2[nH]nc3c2[C@H](c2ccc(OCC)c(OCC)c2)C(C#N)=C(N)O3)c(OCC)c1. The molecule has 0 radical (unpaired) electrons. The molecule has 1 aliphatic heterocycles. The Balaban J connectivity index is 1.90. The van der Waals surface area contributed by atoms with Crippen molar-refractivity contribution in [1.29, 1.82) is 5.26 Å². The van der Waals surface area contributed by atoms with Gasteiger partial charge in [-0.05, 0) is 57.5 Å². The summed E-state index contributed by atoms with van der Waals surface area (Å²) in [5, 5.41) is 17.5. The van der Waals surface area contributed by atoms with Crippen LogP contribution < -0.4 is 29.4 Å². The molecule has 188 valence electrons. The minimum atomic E-state index is -0.552. The highest BCUT2D eigenvalue weighted by atomic mass is 16.5. The third-order valence-electron chi connectivity index (χ3n) is 5.67. The standard InChI is InChI=1S/C27H30N4O5/c1-5-32-17-10-11-18(21(14-17)34-7-3)25-24-23(19(15-28)26(29)36-27(24)31-30-25)16-9-12-20(33-6-2)22(13-16)35-8-4/h9-14,23H,5-8,29H2,1-4H3,(H,30,31)/t23-/m1/s1. The fourth-order valence-electron chi connectivity index (χ4n) is 4.27. The summed E-state index contributed by atoms with van der Waals surface area (Å²) >= 11 is 0. The molecule has 9 heteroatoms. The fraction of sp³-hybridized carbons (Fsp3) is 0.333. The molecule has 9 nitrogen and oxygen atoms in total. The second kappa shape index (κ2) is 11.0. The van der Waals surface area contributed by atoms with Crippen molar-refractivity contribution in [3.63, 3.8) is 0 Å². The van der Waals surface area contributed by atoms with Crippen molar-refractivity contribution in [1.82, 2.24) is 10.2 Å². The lowest BCUT2D eigenvalue weighted by atomic mass is 9.82. The van der Waals surface area contributed by atoms with E-state index in [1.54, 1.807) is 0 Å². The number of ether oxygens (including phenoxy) is 5. The second-order valence-electron chi connectivity index (χ2n) is 7.84. The Hall–Kier alpha value is -4.32. The van der Waals surface area contributed by atoms with Gasteiger partial charge in [0.15, 0.2) is 11.5 Å². The molecular weight excluding hydrogens is 460 g/mol. The summed E-state index contributed by atoms with van der Waals surface area (Å²) in [5.41, 5.74) is 9.34. The fourth-order valence-corrected chi connectivity index (χ4v) is 4.27. The predicted octanol–water partition coefficient (Wildman–Crippen LogP) is 4.89. The molecule has 0 unspecified atom stereocenters. The third-order valence-corrected chi connectivity index (χ3v) is 5.67. The molecular formula is C27H30N4O5. The highest BCUT2D eigenvalue weighted by Gasteiger charge is 2.36. The van der Waals surface area contributed by atoms with Crippen LogP contribution in [-0.2, 0) is 0 Å². The van der Waals surface area contributed by atoms with E-state index < -0.39 is 5.92 Å². The topological polar surface area (TPSA) is 125 Å². The molecule has 4 rings (SSSR count). The number of fused-ring (bicyclic) bond motifs is 1. The number of allylic oxidation sites excluding steroid dienone is 1. The number of aromatic amines is 1. The number of H-pyrrole nitrogens is 1. The number of nitrogens with one attached hydrogen (secondary N) is 1. The van der Waals surface area contributed by atoms with E-state index in [4.69, 9.17) is 29.4 Å². The van der Waals surface area contributed by atoms with Crippen LogP contribution in [0.25, 0.3) is 11.3 Å². The van der Waals surface area contributed by atoms with Gasteiger partial charge in [0.25, 0.3) is 0 Å². The highest BCUT2D eigenvalue weighted by molar-refractivity contribution is 5.76. The molecule has 0 saturated carbocycles. The van der Waals surface area contributed by atoms with Crippen LogP contribution in [0.1, 0.15) is 44.7 Å². The lowest BCUT2D eigenvalue weighted by Crippen LogP contribution is -2.21. The van der Waals surface area contributed by atoms with E-state index in [-0.39, 0.29) is 11.5 Å². The zero-order valence-corrected chi connectivity index (χ0v) is 20.9. The van der Waals surface area contributed by atoms with Crippen molar-refractivity contribution in [2.24, 2.45) is 5.73 Å². The first kappa shape index (κ1) is 24.8. The van der Waals surface area contributed by atoms with Crippen molar-refractivity contribution in [2.45, 2.75) is 33.6 Å². The van der Waals surface area contributed by atoms with Crippen molar-refractivity contribution in [3.8, 4) is 46.2 Å². The van der Waals surface area contributed by atoms with Crippen molar-refractivity contribution < 1.29 is 23.7 Å². The van der Waals surface area contributed by atoms with Crippen molar-refractivity contribution >= 4 is 0 Å². The Bertz CT molecular complexity index is 1310. The quantitative estimate of drug-likeness (QED) is 0.412. The molecule has 1 aliphatic rings. The van der Waals surface area contributed by atoms with E-state index in [1.165, 1.54) is 0 Å². The predicted molar refractivity (Wildman–Crippen MR) is 134 cm³/mol. The maximum atomic E-state index is 10.1. The summed E-state index contributed by atoms with van der Waals surface area (Å²) in [4.78, 5) is 0. The molecule has 2 aromatic carbocycles. The average molecular weight is 491 g/mol. The minimum absolute atomic E-state index is 0.0108. The number of nitrogens with zero attached hydrogens (tertiary/aromatic N) is 2. The lowest BCUT2D eigenvalue weighted by Gasteiger charge is -2.25. The summed E-state index contributed by atoms with van der Waals surface area (Å²) in [7, 11) is 0. The van der Waals surface area contributed by atoms with Crippen LogP contribution in [0.5, 0.6) is 28.9 Å². The molecule has 2 heterocycles. The third kappa shape index (κ3) is 4.62. The van der Waals surface area contributed by atoms with Gasteiger partial charge in [-0.3, -0.25) is 5.10 Å². The van der Waals surface area contributed by atoms with Gasteiger partial charge < -0.3 is 29.4 Å². The molecule has 0 spiro atoms. The number of hydrogen-bond acceptors (Lipinski definition) is 8. The van der Waals surface area contributed by atoms with Crippen molar-refractivity contribution in [3.05, 3.63) is 59.0 Å². The highest BCUT2D eigenvalue weighted by Crippen LogP contribution is 2.48. The molecule has 3 aromatic rings. The maximum absolute atomic E-state index is 10.1. The van der Waals surface area contributed by atoms with Crippen LogP contribution in [-0.4, -0.2) is 36.6 Å². The lowest BCUT2D eigenvalue weighted by molar-refractivity contribution is 0.287. The summed E-state index contributed by atoms with van der Waals surface area (Å²) in [6, 6.07) is 13.5. The number of hydrogen-bond donors (Lipinski definition) is 2. The Labute approximate surface area is 210 Å². The van der Waals surface area contributed by atoms with Gasteiger partial charge in [-0.2, -0.15) is 5.26 Å². The van der Waals surface area contributed by atoms with Gasteiger partial charge in [0.2, 0.25) is 11.8 Å². The Morgan fingerprint density at radius 1 is 0.917 bits per heavy atom. The Kier molecular flexibility index (Phi) is 7.54. The van der Waals surface area contributed by atoms with Gasteiger partial charge in [0, 0.05) is 11.6 Å². The maximum Gasteiger partial charge on any atom is 0.244 e. The molecule has 0 fully saturated rings. The molecule has 36 heavy (non-hydrogen) atoms. The van der Waals surface area contributed by atoms with Gasteiger partial charge in [-0.25, -0.2) is 0 Å². The van der Waals surface area contributed by atoms with E-state index in [0.717, 1.165) is 11.1 Å². The Morgan fingerprint density at radius 3 is 2.31 bits per heavy atom. The summed E-state index contributed by atoms with van der Waals surface area (Å²) < 4.78 is 28.9. The number of nitriles is 1. The second-order valence-corrected chi connectivity index (χ2v) is 7.84. The summed E-state index contributed by atoms with van der Waals surface area (Å²) in [6.07, 6.45) is 0. The molecule has 1 atom stereocenters. The molecule has 3 N–H and O–H groups in total. The molecule has 0 bridgehead atoms. The molecule has 1 aromatic heterocycles. The first-order valence-electron chi connectivity index (χ1n) is 12.0. The van der Waals surface area contributed by atoms with Crippen LogP contribution in [0.15, 0.2) is 47.9 Å². The molecule has 0 aliphatic carbocycles. The number of benzene rings is 2. The van der Waals surface area contributed by atoms with Gasteiger partial charge in [0.1, 0.15) is 23.1 Å². The zero-order chi connectivity index (χ0) is 25.7. The van der Waals surface area contributed by atoms with Crippen LogP contribution >= 0.6 is 0 Å². The van der Waals surface area contributed by atoms with E-state index >= 15 is 0 Å².